The third-order valence-corrected chi connectivity index (χ3v) is 3.57. The van der Waals surface area contributed by atoms with Gasteiger partial charge in [-0.25, -0.2) is 0 Å². The van der Waals surface area contributed by atoms with Crippen LogP contribution in [0.25, 0.3) is 0 Å². The van der Waals surface area contributed by atoms with Crippen LogP contribution in [0.15, 0.2) is 12.2 Å². The zero-order valence-electron chi connectivity index (χ0n) is 7.81. The van der Waals surface area contributed by atoms with Crippen molar-refractivity contribution in [3.05, 3.63) is 12.2 Å². The first kappa shape index (κ1) is 8.36. The lowest BCUT2D eigenvalue weighted by Crippen LogP contribution is -2.33. The Morgan fingerprint density at radius 3 is 3.07 bits per heavy atom. The van der Waals surface area contributed by atoms with Crippen molar-refractivity contribution in [1.29, 1.82) is 0 Å². The van der Waals surface area contributed by atoms with E-state index in [9.17, 15) is 9.59 Å². The molecular weight excluding hydrogens is 180 g/mol. The van der Waals surface area contributed by atoms with Gasteiger partial charge in [-0.3, -0.25) is 9.59 Å². The molecular formula is C11H12O3. The second-order valence-electron chi connectivity index (χ2n) is 4.33. The summed E-state index contributed by atoms with van der Waals surface area (Å²) >= 11 is 0. The molecule has 3 nitrogen and oxygen atoms in total. The average Bonchev–Trinajstić information content (AvgIpc) is 2.49. The number of fused-ring (bicyclic) bond motifs is 5. The van der Waals surface area contributed by atoms with Crippen molar-refractivity contribution in [3.63, 3.8) is 0 Å². The molecule has 0 radical (unpaired) electrons. The van der Waals surface area contributed by atoms with E-state index in [4.69, 9.17) is 4.74 Å². The van der Waals surface area contributed by atoms with Gasteiger partial charge >= 0.3 is 0 Å². The Labute approximate surface area is 82.1 Å². The molecule has 0 amide bonds. The molecule has 3 heteroatoms. The van der Waals surface area contributed by atoms with Crippen molar-refractivity contribution < 1.29 is 14.3 Å². The number of hydrogen-bond acceptors (Lipinski definition) is 3. The van der Waals surface area contributed by atoms with Crippen molar-refractivity contribution in [2.24, 2.45) is 11.8 Å². The molecule has 3 aliphatic rings. The molecule has 74 valence electrons. The van der Waals surface area contributed by atoms with E-state index < -0.39 is 0 Å². The summed E-state index contributed by atoms with van der Waals surface area (Å²) in [5.41, 5.74) is 0. The molecule has 14 heavy (non-hydrogen) atoms. The third kappa shape index (κ3) is 0.960. The summed E-state index contributed by atoms with van der Waals surface area (Å²) in [5, 5.41) is 0. The van der Waals surface area contributed by atoms with Crippen molar-refractivity contribution in [2.75, 3.05) is 0 Å². The van der Waals surface area contributed by atoms with E-state index in [1.165, 1.54) is 0 Å². The molecule has 1 saturated heterocycles. The zero-order chi connectivity index (χ0) is 9.71. The van der Waals surface area contributed by atoms with E-state index in [2.05, 4.69) is 0 Å². The second-order valence-corrected chi connectivity index (χ2v) is 4.33. The number of ketones is 2. The first-order valence-electron chi connectivity index (χ1n) is 5.17. The van der Waals surface area contributed by atoms with Crippen LogP contribution < -0.4 is 0 Å². The Kier molecular flexibility index (Phi) is 1.65. The summed E-state index contributed by atoms with van der Waals surface area (Å²) in [4.78, 5) is 23.2. The topological polar surface area (TPSA) is 43.4 Å². The van der Waals surface area contributed by atoms with Gasteiger partial charge in [0.15, 0.2) is 5.78 Å². The number of hydrogen-bond donors (Lipinski definition) is 0. The van der Waals surface area contributed by atoms with E-state index in [1.807, 2.05) is 0 Å². The number of carbonyl (C=O) groups is 2. The predicted molar refractivity (Wildman–Crippen MR) is 48.6 cm³/mol. The lowest BCUT2D eigenvalue weighted by molar-refractivity contribution is -0.127. The molecule has 1 saturated carbocycles. The summed E-state index contributed by atoms with van der Waals surface area (Å²) in [6.45, 7) is 0. The molecule has 0 aromatic heterocycles. The van der Waals surface area contributed by atoms with Crippen molar-refractivity contribution in [1.82, 2.24) is 0 Å². The van der Waals surface area contributed by atoms with Crippen LogP contribution in [-0.2, 0) is 14.3 Å². The van der Waals surface area contributed by atoms with Gasteiger partial charge in [0.2, 0.25) is 0 Å². The molecule has 0 aromatic carbocycles. The number of rotatable bonds is 0. The fraction of sp³-hybridized carbons (Fsp3) is 0.636. The quantitative estimate of drug-likeness (QED) is 0.572. The van der Waals surface area contributed by atoms with Gasteiger partial charge in [-0.1, -0.05) is 6.08 Å². The fourth-order valence-electron chi connectivity index (χ4n) is 2.95. The standard InChI is InChI=1S/C11H12O3/c12-7-3-1-2-6-10(7)9-5-4-8(13)11(6)14-9/h4-6,9-11H,1-3H2/t6-,9-,10-,11-/m0/s1. The van der Waals surface area contributed by atoms with Crippen molar-refractivity contribution in [3.8, 4) is 0 Å². The van der Waals surface area contributed by atoms with Gasteiger partial charge in [0.25, 0.3) is 0 Å². The Balaban J connectivity index is 1.99. The van der Waals surface area contributed by atoms with Crippen LogP contribution >= 0.6 is 0 Å². The predicted octanol–water partition coefficient (Wildman–Crippen LogP) is 0.878. The summed E-state index contributed by atoms with van der Waals surface area (Å²) in [5.74, 6) is 0.455. The van der Waals surface area contributed by atoms with Crippen LogP contribution in [-0.4, -0.2) is 23.8 Å². The highest BCUT2D eigenvalue weighted by atomic mass is 16.5. The van der Waals surface area contributed by atoms with Gasteiger partial charge in [0, 0.05) is 12.3 Å². The Morgan fingerprint density at radius 2 is 2.21 bits per heavy atom. The lowest BCUT2D eigenvalue weighted by Gasteiger charge is -2.24. The number of carbonyl (C=O) groups excluding carboxylic acids is 2. The van der Waals surface area contributed by atoms with Gasteiger partial charge in [-0.2, -0.15) is 0 Å². The number of Topliss-reactive ketones (excluding diaryl/α,β-unsaturated/α-hetero) is 1. The minimum atomic E-state index is -0.320. The van der Waals surface area contributed by atoms with Gasteiger partial charge in [-0.15, -0.1) is 0 Å². The van der Waals surface area contributed by atoms with Gasteiger partial charge in [0.05, 0.1) is 12.0 Å². The second kappa shape index (κ2) is 2.76. The van der Waals surface area contributed by atoms with Crippen LogP contribution in [0.1, 0.15) is 19.3 Å². The zero-order valence-corrected chi connectivity index (χ0v) is 7.81. The normalized spacial score (nSPS) is 45.4. The Hall–Kier alpha value is -0.960. The maximum atomic E-state index is 11.7. The Morgan fingerprint density at radius 1 is 1.36 bits per heavy atom. The number of ether oxygens (including phenoxy) is 1. The molecule has 3 rings (SSSR count). The average molecular weight is 192 g/mol. The first-order chi connectivity index (χ1) is 6.77. The van der Waals surface area contributed by atoms with Crippen molar-refractivity contribution in [2.45, 2.75) is 31.5 Å². The van der Waals surface area contributed by atoms with E-state index in [1.54, 1.807) is 12.2 Å². The highest BCUT2D eigenvalue weighted by Crippen LogP contribution is 2.43. The fourth-order valence-corrected chi connectivity index (χ4v) is 2.95. The molecule has 2 heterocycles. The van der Waals surface area contributed by atoms with Crippen LogP contribution in [0.5, 0.6) is 0 Å². The molecule has 0 spiro atoms. The van der Waals surface area contributed by atoms with Gasteiger partial charge in [0.1, 0.15) is 11.9 Å². The largest absolute Gasteiger partial charge is 0.362 e. The molecule has 1 aliphatic carbocycles. The van der Waals surface area contributed by atoms with Gasteiger partial charge in [-0.05, 0) is 18.9 Å². The highest BCUT2D eigenvalue weighted by Gasteiger charge is 2.52. The van der Waals surface area contributed by atoms with Crippen LogP contribution in [0, 0.1) is 11.8 Å². The molecule has 0 N–H and O–H groups in total. The van der Waals surface area contributed by atoms with E-state index in [-0.39, 0.29) is 35.6 Å². The smallest absolute Gasteiger partial charge is 0.184 e. The van der Waals surface area contributed by atoms with E-state index >= 15 is 0 Å². The monoisotopic (exact) mass is 192 g/mol. The SMILES string of the molecule is O=C1CCC[C@H]2[C@@H]1[C@@H]1C=CC(=O)[C@H]2O1. The van der Waals surface area contributed by atoms with Gasteiger partial charge < -0.3 is 4.74 Å². The van der Waals surface area contributed by atoms with E-state index in [0.29, 0.717) is 6.42 Å². The minimum Gasteiger partial charge on any atom is -0.362 e. The summed E-state index contributed by atoms with van der Waals surface area (Å²) in [7, 11) is 0. The molecule has 2 fully saturated rings. The molecule has 2 aliphatic heterocycles. The van der Waals surface area contributed by atoms with Crippen LogP contribution in [0.4, 0.5) is 0 Å². The minimum absolute atomic E-state index is 0.0311. The van der Waals surface area contributed by atoms with Crippen LogP contribution in [0.2, 0.25) is 0 Å². The molecule has 2 bridgehead atoms. The highest BCUT2D eigenvalue weighted by molar-refractivity contribution is 5.97. The maximum absolute atomic E-state index is 11.7. The third-order valence-electron chi connectivity index (χ3n) is 3.57. The first-order valence-corrected chi connectivity index (χ1v) is 5.17. The summed E-state index contributed by atoms with van der Waals surface area (Å²) < 4.78 is 5.57. The van der Waals surface area contributed by atoms with Crippen LogP contribution in [0.3, 0.4) is 0 Å². The van der Waals surface area contributed by atoms with E-state index in [0.717, 1.165) is 12.8 Å². The maximum Gasteiger partial charge on any atom is 0.184 e. The van der Waals surface area contributed by atoms with Crippen molar-refractivity contribution >= 4 is 11.6 Å². The molecule has 0 aromatic rings. The molecule has 0 unspecified atom stereocenters. The Bertz CT molecular complexity index is 331. The summed E-state index contributed by atoms with van der Waals surface area (Å²) in [6.07, 6.45) is 5.45. The summed E-state index contributed by atoms with van der Waals surface area (Å²) in [6, 6.07) is 0. The molecule has 4 atom stereocenters. The lowest BCUT2D eigenvalue weighted by atomic mass is 9.75.